The number of amides is 1. The predicted molar refractivity (Wildman–Crippen MR) is 101 cm³/mol. The highest BCUT2D eigenvalue weighted by Gasteiger charge is 2.10. The molecule has 0 bridgehead atoms. The van der Waals surface area contributed by atoms with Crippen molar-refractivity contribution in [2.45, 2.75) is 13.8 Å². The maximum Gasteiger partial charge on any atom is 0.260 e. The summed E-state index contributed by atoms with van der Waals surface area (Å²) in [7, 11) is 0. The molecule has 3 rings (SSSR count). The molecule has 1 N–H and O–H groups in total. The van der Waals surface area contributed by atoms with Crippen LogP contribution in [0, 0.1) is 0 Å². The molecule has 0 saturated heterocycles. The average molecular weight is 351 g/mol. The maximum atomic E-state index is 12.2. The fourth-order valence-corrected chi connectivity index (χ4v) is 2.74. The first-order valence-electron chi connectivity index (χ1n) is 8.62. The summed E-state index contributed by atoms with van der Waals surface area (Å²) in [6.45, 7) is 5.21. The minimum absolute atomic E-state index is 0.00604. The third kappa shape index (κ3) is 3.74. The third-order valence-corrected chi connectivity index (χ3v) is 4.22. The molecular formula is C20H21N3O3. The zero-order valence-electron chi connectivity index (χ0n) is 14.9. The molecule has 3 aromatic rings. The van der Waals surface area contributed by atoms with Crippen molar-refractivity contribution in [3.8, 4) is 17.1 Å². The lowest BCUT2D eigenvalue weighted by Gasteiger charge is -2.18. The second kappa shape index (κ2) is 7.82. The molecule has 0 spiro atoms. The van der Waals surface area contributed by atoms with Gasteiger partial charge < -0.3 is 14.6 Å². The van der Waals surface area contributed by atoms with Crippen LogP contribution >= 0.6 is 0 Å². The van der Waals surface area contributed by atoms with Gasteiger partial charge in [-0.2, -0.15) is 0 Å². The van der Waals surface area contributed by atoms with Gasteiger partial charge in [0.1, 0.15) is 11.6 Å². The molecule has 26 heavy (non-hydrogen) atoms. The molecule has 0 fully saturated rings. The molecule has 0 aliphatic heterocycles. The highest BCUT2D eigenvalue weighted by atomic mass is 16.5. The summed E-state index contributed by atoms with van der Waals surface area (Å²) in [5.41, 5.74) is 1.25. The van der Waals surface area contributed by atoms with Crippen molar-refractivity contribution in [2.75, 3.05) is 19.7 Å². The number of H-pyrrole nitrogens is 1. The summed E-state index contributed by atoms with van der Waals surface area (Å²) in [5, 5.41) is 0.561. The monoisotopic (exact) mass is 351 g/mol. The van der Waals surface area contributed by atoms with Crippen LogP contribution < -0.4 is 10.3 Å². The van der Waals surface area contributed by atoms with Gasteiger partial charge in [-0.3, -0.25) is 9.59 Å². The third-order valence-electron chi connectivity index (χ3n) is 4.22. The van der Waals surface area contributed by atoms with E-state index in [1.54, 1.807) is 23.1 Å². The van der Waals surface area contributed by atoms with E-state index in [1.165, 1.54) is 0 Å². The lowest BCUT2D eigenvalue weighted by Crippen LogP contribution is -2.34. The molecule has 6 heteroatoms. The highest BCUT2D eigenvalue weighted by Crippen LogP contribution is 2.20. The Morgan fingerprint density at radius 1 is 1.08 bits per heavy atom. The van der Waals surface area contributed by atoms with E-state index in [1.807, 2.05) is 44.2 Å². The largest absolute Gasteiger partial charge is 0.484 e. The quantitative estimate of drug-likeness (QED) is 0.741. The Morgan fingerprint density at radius 2 is 1.77 bits per heavy atom. The van der Waals surface area contributed by atoms with Gasteiger partial charge >= 0.3 is 0 Å². The topological polar surface area (TPSA) is 75.3 Å². The second-order valence-electron chi connectivity index (χ2n) is 5.81. The Hall–Kier alpha value is -3.15. The Morgan fingerprint density at radius 3 is 2.46 bits per heavy atom. The number of hydrogen-bond donors (Lipinski definition) is 1. The van der Waals surface area contributed by atoms with E-state index < -0.39 is 0 Å². The molecule has 2 aromatic carbocycles. The van der Waals surface area contributed by atoms with Gasteiger partial charge in [-0.15, -0.1) is 0 Å². The molecule has 0 atom stereocenters. The summed E-state index contributed by atoms with van der Waals surface area (Å²) >= 11 is 0. The number of para-hydroxylation sites is 1. The van der Waals surface area contributed by atoms with Crippen molar-refractivity contribution in [1.82, 2.24) is 14.9 Å². The Balaban J connectivity index is 1.76. The normalized spacial score (nSPS) is 10.7. The summed E-state index contributed by atoms with van der Waals surface area (Å²) in [4.78, 5) is 33.2. The first-order chi connectivity index (χ1) is 12.6. The van der Waals surface area contributed by atoms with E-state index in [4.69, 9.17) is 4.74 Å². The highest BCUT2D eigenvalue weighted by molar-refractivity contribution is 5.79. The Bertz CT molecular complexity index is 960. The molecule has 0 aliphatic carbocycles. The molecule has 1 heterocycles. The molecule has 0 radical (unpaired) electrons. The average Bonchev–Trinajstić information content (AvgIpc) is 2.68. The van der Waals surface area contributed by atoms with E-state index in [-0.39, 0.29) is 18.1 Å². The van der Waals surface area contributed by atoms with E-state index in [0.29, 0.717) is 35.6 Å². The van der Waals surface area contributed by atoms with Gasteiger partial charge in [-0.25, -0.2) is 4.98 Å². The number of nitrogens with zero attached hydrogens (tertiary/aromatic N) is 2. The molecule has 134 valence electrons. The minimum Gasteiger partial charge on any atom is -0.484 e. The van der Waals surface area contributed by atoms with Gasteiger partial charge in [0, 0.05) is 18.7 Å². The fraction of sp³-hybridized carbons (Fsp3) is 0.250. The van der Waals surface area contributed by atoms with Crippen molar-refractivity contribution in [1.29, 1.82) is 0 Å². The molecule has 0 saturated carbocycles. The van der Waals surface area contributed by atoms with E-state index in [0.717, 1.165) is 5.56 Å². The predicted octanol–water partition coefficient (Wildman–Crippen LogP) is 2.84. The van der Waals surface area contributed by atoms with Crippen LogP contribution in [0.3, 0.4) is 0 Å². The van der Waals surface area contributed by atoms with E-state index in [9.17, 15) is 9.59 Å². The summed E-state index contributed by atoms with van der Waals surface area (Å²) in [6.07, 6.45) is 0. The van der Waals surface area contributed by atoms with Crippen LogP contribution in [-0.2, 0) is 4.79 Å². The summed E-state index contributed by atoms with van der Waals surface area (Å²) in [6, 6.07) is 14.4. The van der Waals surface area contributed by atoms with Gasteiger partial charge in [0.05, 0.1) is 10.9 Å². The number of rotatable bonds is 6. The van der Waals surface area contributed by atoms with Gasteiger partial charge in [-0.05, 0) is 50.2 Å². The molecule has 1 amide bonds. The van der Waals surface area contributed by atoms with Crippen molar-refractivity contribution in [3.05, 3.63) is 58.9 Å². The number of ether oxygens (including phenoxy) is 1. The zero-order valence-corrected chi connectivity index (χ0v) is 14.9. The van der Waals surface area contributed by atoms with Gasteiger partial charge in [0.2, 0.25) is 0 Å². The molecule has 1 aromatic heterocycles. The Kier molecular flexibility index (Phi) is 5.31. The lowest BCUT2D eigenvalue weighted by molar-refractivity contribution is -0.132. The number of fused-ring (bicyclic) bond motifs is 1. The molecule has 6 nitrogen and oxygen atoms in total. The minimum atomic E-state index is -0.171. The number of likely N-dealkylation sites (N-methyl/N-ethyl adjacent to an activating group) is 1. The second-order valence-corrected chi connectivity index (χ2v) is 5.81. The first-order valence-corrected chi connectivity index (χ1v) is 8.62. The molecular weight excluding hydrogens is 330 g/mol. The van der Waals surface area contributed by atoms with E-state index in [2.05, 4.69) is 9.97 Å². The number of carbonyl (C=O) groups excluding carboxylic acids is 1. The number of hydrogen-bond acceptors (Lipinski definition) is 4. The van der Waals surface area contributed by atoms with Crippen LogP contribution in [0.1, 0.15) is 13.8 Å². The van der Waals surface area contributed by atoms with Crippen molar-refractivity contribution in [2.24, 2.45) is 0 Å². The van der Waals surface area contributed by atoms with Crippen molar-refractivity contribution < 1.29 is 9.53 Å². The van der Waals surface area contributed by atoms with Crippen LogP contribution in [0.4, 0.5) is 0 Å². The first kappa shape index (κ1) is 17.7. The summed E-state index contributed by atoms with van der Waals surface area (Å²) in [5.74, 6) is 1.05. The molecule has 0 unspecified atom stereocenters. The van der Waals surface area contributed by atoms with Gasteiger partial charge in [0.25, 0.3) is 11.5 Å². The number of aromatic nitrogens is 2. The molecule has 0 aliphatic rings. The van der Waals surface area contributed by atoms with Gasteiger partial charge in [-0.1, -0.05) is 12.1 Å². The SMILES string of the molecule is CCN(CC)C(=O)COc1ccc(-c2nc3ccccc3c(=O)[nH]2)cc1. The van der Waals surface area contributed by atoms with Crippen LogP contribution in [0.5, 0.6) is 5.75 Å². The number of aromatic amines is 1. The zero-order chi connectivity index (χ0) is 18.5. The van der Waals surface area contributed by atoms with Crippen LogP contribution in [0.2, 0.25) is 0 Å². The number of benzene rings is 2. The van der Waals surface area contributed by atoms with Crippen LogP contribution in [0.25, 0.3) is 22.3 Å². The Labute approximate surface area is 151 Å². The summed E-state index contributed by atoms with van der Waals surface area (Å²) < 4.78 is 5.55. The van der Waals surface area contributed by atoms with Crippen LogP contribution in [-0.4, -0.2) is 40.5 Å². The fourth-order valence-electron chi connectivity index (χ4n) is 2.74. The van der Waals surface area contributed by atoms with Gasteiger partial charge in [0.15, 0.2) is 6.61 Å². The lowest BCUT2D eigenvalue weighted by atomic mass is 10.2. The maximum absolute atomic E-state index is 12.2. The standard InChI is InChI=1S/C20H21N3O3/c1-3-23(4-2)18(24)13-26-15-11-9-14(10-12-15)19-21-17-8-6-5-7-16(17)20(25)22-19/h5-12H,3-4,13H2,1-2H3,(H,21,22,25). The van der Waals surface area contributed by atoms with Crippen molar-refractivity contribution >= 4 is 16.8 Å². The smallest absolute Gasteiger partial charge is 0.260 e. The number of nitrogens with one attached hydrogen (secondary N) is 1. The van der Waals surface area contributed by atoms with Crippen molar-refractivity contribution in [3.63, 3.8) is 0 Å². The number of carbonyl (C=O) groups is 1. The van der Waals surface area contributed by atoms with E-state index >= 15 is 0 Å². The van der Waals surface area contributed by atoms with Crippen LogP contribution in [0.15, 0.2) is 53.3 Å².